The normalized spacial score (nSPS) is 22.8. The predicted octanol–water partition coefficient (Wildman–Crippen LogP) is 3.64. The van der Waals surface area contributed by atoms with Gasteiger partial charge in [0.15, 0.2) is 0 Å². The highest BCUT2D eigenvalue weighted by Crippen LogP contribution is 2.37. The maximum atomic E-state index is 11.2. The van der Waals surface area contributed by atoms with Gasteiger partial charge in [-0.25, -0.2) is 0 Å². The zero-order chi connectivity index (χ0) is 18.2. The first-order chi connectivity index (χ1) is 11.7. The molecule has 1 aromatic rings. The quantitative estimate of drug-likeness (QED) is 0.512. The van der Waals surface area contributed by atoms with Gasteiger partial charge in [-0.2, -0.15) is 0 Å². The first kappa shape index (κ1) is 18.2. The fraction of sp³-hybridized carbons (Fsp3) is 0.667. The van der Waals surface area contributed by atoms with Gasteiger partial charge in [0.1, 0.15) is 0 Å². The Bertz CT molecular complexity index is 640. The van der Waals surface area contributed by atoms with Crippen LogP contribution in [0.4, 0.5) is 11.4 Å². The summed E-state index contributed by atoms with van der Waals surface area (Å²) in [5, 5.41) is 14.8. The lowest BCUT2D eigenvalue weighted by molar-refractivity contribution is -0.384. The Labute approximate surface area is 149 Å². The van der Waals surface area contributed by atoms with E-state index in [4.69, 9.17) is 9.31 Å². The third-order valence-electron chi connectivity index (χ3n) is 5.72. The van der Waals surface area contributed by atoms with E-state index in [0.29, 0.717) is 11.5 Å². The summed E-state index contributed by atoms with van der Waals surface area (Å²) in [6.45, 7) is 7.94. The van der Waals surface area contributed by atoms with Gasteiger partial charge in [-0.15, -0.1) is 0 Å². The van der Waals surface area contributed by atoms with Crippen LogP contribution in [0.1, 0.15) is 59.8 Å². The van der Waals surface area contributed by atoms with E-state index in [9.17, 15) is 10.1 Å². The van der Waals surface area contributed by atoms with Gasteiger partial charge >= 0.3 is 7.12 Å². The zero-order valence-electron chi connectivity index (χ0n) is 15.5. The Morgan fingerprint density at radius 1 is 1.12 bits per heavy atom. The van der Waals surface area contributed by atoms with Crippen LogP contribution in [0, 0.1) is 10.1 Å². The average Bonchev–Trinajstić information content (AvgIpc) is 2.76. The number of anilines is 1. The molecule has 25 heavy (non-hydrogen) atoms. The highest BCUT2D eigenvalue weighted by Gasteiger charge is 2.52. The van der Waals surface area contributed by atoms with Gasteiger partial charge in [-0.05, 0) is 46.6 Å². The average molecular weight is 346 g/mol. The number of hydrogen-bond donors (Lipinski definition) is 1. The molecule has 0 bridgehead atoms. The Morgan fingerprint density at radius 2 is 1.72 bits per heavy atom. The second-order valence-electron chi connectivity index (χ2n) is 8.10. The van der Waals surface area contributed by atoms with Crippen LogP contribution in [-0.4, -0.2) is 29.3 Å². The van der Waals surface area contributed by atoms with E-state index < -0.39 is 18.3 Å². The summed E-state index contributed by atoms with van der Waals surface area (Å²) in [6.07, 6.45) is 5.97. The molecule has 136 valence electrons. The molecule has 1 aromatic carbocycles. The fourth-order valence-electron chi connectivity index (χ4n) is 3.43. The van der Waals surface area contributed by atoms with E-state index in [1.165, 1.54) is 19.3 Å². The van der Waals surface area contributed by atoms with Crippen LogP contribution in [0.3, 0.4) is 0 Å². The van der Waals surface area contributed by atoms with Gasteiger partial charge in [-0.3, -0.25) is 10.1 Å². The molecule has 2 aliphatic rings. The molecule has 1 N–H and O–H groups in total. The number of non-ortho nitro benzene ring substituents is 1. The zero-order valence-corrected chi connectivity index (χ0v) is 15.5. The molecular formula is C18H27BN2O4. The molecule has 6 nitrogen and oxygen atoms in total. The second kappa shape index (κ2) is 6.61. The molecule has 0 aromatic heterocycles. The van der Waals surface area contributed by atoms with Crippen LogP contribution < -0.4 is 10.8 Å². The monoisotopic (exact) mass is 346 g/mol. The molecule has 1 saturated heterocycles. The summed E-state index contributed by atoms with van der Waals surface area (Å²) in [4.78, 5) is 10.9. The lowest BCUT2D eigenvalue weighted by Crippen LogP contribution is -2.41. The van der Waals surface area contributed by atoms with E-state index in [2.05, 4.69) is 5.32 Å². The van der Waals surface area contributed by atoms with Crippen molar-refractivity contribution in [2.24, 2.45) is 0 Å². The van der Waals surface area contributed by atoms with Gasteiger partial charge < -0.3 is 14.6 Å². The summed E-state index contributed by atoms with van der Waals surface area (Å²) in [7, 11) is -0.615. The van der Waals surface area contributed by atoms with Crippen molar-refractivity contribution in [1.82, 2.24) is 0 Å². The van der Waals surface area contributed by atoms with Crippen molar-refractivity contribution >= 4 is 24.0 Å². The van der Waals surface area contributed by atoms with Crippen molar-refractivity contribution in [3.05, 3.63) is 28.3 Å². The van der Waals surface area contributed by atoms with E-state index in [1.807, 2.05) is 27.7 Å². The van der Waals surface area contributed by atoms with Crippen molar-refractivity contribution < 1.29 is 14.2 Å². The molecule has 1 aliphatic heterocycles. The number of nitro groups is 1. The molecule has 0 unspecified atom stereocenters. The molecule has 1 heterocycles. The lowest BCUT2D eigenvalue weighted by atomic mass is 9.77. The van der Waals surface area contributed by atoms with Gasteiger partial charge in [0, 0.05) is 29.3 Å². The highest BCUT2D eigenvalue weighted by molar-refractivity contribution is 6.64. The summed E-state index contributed by atoms with van der Waals surface area (Å²) in [5.41, 5.74) is 0.669. The van der Waals surface area contributed by atoms with Crippen LogP contribution >= 0.6 is 0 Å². The van der Waals surface area contributed by atoms with Crippen LogP contribution in [-0.2, 0) is 9.31 Å². The first-order valence-electron chi connectivity index (χ1n) is 9.10. The van der Waals surface area contributed by atoms with Gasteiger partial charge in [-0.1, -0.05) is 19.3 Å². The topological polar surface area (TPSA) is 73.6 Å². The molecule has 0 amide bonds. The van der Waals surface area contributed by atoms with Crippen LogP contribution in [0.15, 0.2) is 18.2 Å². The number of benzene rings is 1. The number of rotatable bonds is 4. The molecule has 3 rings (SSSR count). The number of nitrogens with one attached hydrogen (secondary N) is 1. The molecule has 0 radical (unpaired) electrons. The van der Waals surface area contributed by atoms with Crippen LogP contribution in [0.5, 0.6) is 0 Å². The van der Waals surface area contributed by atoms with E-state index >= 15 is 0 Å². The third kappa shape index (κ3) is 3.67. The molecule has 1 saturated carbocycles. The molecular weight excluding hydrogens is 319 g/mol. The van der Waals surface area contributed by atoms with E-state index in [0.717, 1.165) is 18.5 Å². The maximum Gasteiger partial charge on any atom is 0.497 e. The smallest absolute Gasteiger partial charge is 0.399 e. The van der Waals surface area contributed by atoms with E-state index in [1.54, 1.807) is 18.2 Å². The summed E-state index contributed by atoms with van der Waals surface area (Å²) in [5.74, 6) is 0. The minimum absolute atomic E-state index is 0.0545. The molecule has 7 heteroatoms. The van der Waals surface area contributed by atoms with Crippen LogP contribution in [0.25, 0.3) is 0 Å². The standard InChI is InChI=1S/C18H27BN2O4/c1-17(2)18(3,4)25-19(24-17)15-12-14(21(22)23)10-11-16(15)20-13-8-6-5-7-9-13/h10-13,20H,5-9H2,1-4H3. The lowest BCUT2D eigenvalue weighted by Gasteiger charge is -2.32. The Morgan fingerprint density at radius 3 is 2.28 bits per heavy atom. The summed E-state index contributed by atoms with van der Waals surface area (Å²) >= 11 is 0. The SMILES string of the molecule is CC1(C)OB(c2cc([N+](=O)[O-])ccc2NC2CCCCC2)OC1(C)C. The molecule has 1 aliphatic carbocycles. The number of nitrogens with zero attached hydrogens (tertiary/aromatic N) is 1. The second-order valence-corrected chi connectivity index (χ2v) is 8.10. The fourth-order valence-corrected chi connectivity index (χ4v) is 3.43. The van der Waals surface area contributed by atoms with Crippen molar-refractivity contribution in [3.8, 4) is 0 Å². The van der Waals surface area contributed by atoms with Gasteiger partial charge in [0.05, 0.1) is 16.1 Å². The Balaban J connectivity index is 1.92. The minimum atomic E-state index is -0.615. The first-order valence-corrected chi connectivity index (χ1v) is 9.10. The summed E-state index contributed by atoms with van der Waals surface area (Å²) < 4.78 is 12.3. The Kier molecular flexibility index (Phi) is 4.81. The van der Waals surface area contributed by atoms with Crippen molar-refractivity contribution in [2.75, 3.05) is 5.32 Å². The van der Waals surface area contributed by atoms with Crippen LogP contribution in [0.2, 0.25) is 0 Å². The largest absolute Gasteiger partial charge is 0.497 e. The molecule has 0 atom stereocenters. The van der Waals surface area contributed by atoms with E-state index in [-0.39, 0.29) is 10.6 Å². The van der Waals surface area contributed by atoms with Crippen molar-refractivity contribution in [2.45, 2.75) is 77.0 Å². The van der Waals surface area contributed by atoms with Crippen molar-refractivity contribution in [1.29, 1.82) is 0 Å². The summed E-state index contributed by atoms with van der Waals surface area (Å²) in [6, 6.07) is 5.30. The third-order valence-corrected chi connectivity index (χ3v) is 5.72. The molecule has 2 fully saturated rings. The molecule has 0 spiro atoms. The van der Waals surface area contributed by atoms with Gasteiger partial charge in [0.2, 0.25) is 0 Å². The predicted molar refractivity (Wildman–Crippen MR) is 99.3 cm³/mol. The van der Waals surface area contributed by atoms with Crippen molar-refractivity contribution in [3.63, 3.8) is 0 Å². The number of nitro benzene ring substituents is 1. The van der Waals surface area contributed by atoms with Gasteiger partial charge in [0.25, 0.3) is 5.69 Å². The Hall–Kier alpha value is -1.60. The number of hydrogen-bond acceptors (Lipinski definition) is 5. The highest BCUT2D eigenvalue weighted by atomic mass is 16.7. The minimum Gasteiger partial charge on any atom is -0.399 e. The maximum absolute atomic E-state index is 11.2.